The second-order valence-electron chi connectivity index (χ2n) is 3.38. The highest BCUT2D eigenvalue weighted by atomic mass is 16.2. The summed E-state index contributed by atoms with van der Waals surface area (Å²) in [5.41, 5.74) is 1.29. The van der Waals surface area contributed by atoms with Crippen LogP contribution in [0.4, 0.5) is 0 Å². The Morgan fingerprint density at radius 3 is 3.00 bits per heavy atom. The molecule has 0 aliphatic rings. The molecule has 2 rings (SSSR count). The van der Waals surface area contributed by atoms with E-state index < -0.39 is 0 Å². The van der Waals surface area contributed by atoms with Crippen molar-refractivity contribution in [3.05, 3.63) is 42.0 Å². The minimum absolute atomic E-state index is 0.169. The lowest BCUT2D eigenvalue weighted by Crippen LogP contribution is -2.26. The van der Waals surface area contributed by atoms with E-state index in [0.29, 0.717) is 12.2 Å². The molecule has 0 aliphatic carbocycles. The predicted molar refractivity (Wildman–Crippen MR) is 56.4 cm³/mol. The molecule has 0 fully saturated rings. The summed E-state index contributed by atoms with van der Waals surface area (Å²) >= 11 is 0. The third-order valence-corrected chi connectivity index (χ3v) is 2.12. The van der Waals surface area contributed by atoms with Crippen LogP contribution in [0.5, 0.6) is 0 Å². The number of aromatic amines is 1. The number of carbonyl (C=O) groups excluding carboxylic acids is 1. The number of pyridine rings is 1. The summed E-state index contributed by atoms with van der Waals surface area (Å²) in [6, 6.07) is 3.75. The number of H-pyrrole nitrogens is 1. The number of carbonyl (C=O) groups is 1. The van der Waals surface area contributed by atoms with Crippen LogP contribution in [0.15, 0.2) is 30.7 Å². The normalized spacial score (nSPS) is 10.1. The summed E-state index contributed by atoms with van der Waals surface area (Å²) in [7, 11) is 1.71. The van der Waals surface area contributed by atoms with Crippen LogP contribution in [0.3, 0.4) is 0 Å². The molecule has 6 nitrogen and oxygen atoms in total. The van der Waals surface area contributed by atoms with Gasteiger partial charge in [-0.2, -0.15) is 15.4 Å². The maximum Gasteiger partial charge on any atom is 0.276 e. The van der Waals surface area contributed by atoms with Gasteiger partial charge < -0.3 is 4.90 Å². The van der Waals surface area contributed by atoms with Crippen molar-refractivity contribution in [3.8, 4) is 0 Å². The smallest absolute Gasteiger partial charge is 0.276 e. The zero-order valence-electron chi connectivity index (χ0n) is 8.79. The Morgan fingerprint density at radius 1 is 1.50 bits per heavy atom. The van der Waals surface area contributed by atoms with Gasteiger partial charge in [-0.25, -0.2) is 0 Å². The van der Waals surface area contributed by atoms with E-state index in [0.717, 1.165) is 5.56 Å². The van der Waals surface area contributed by atoms with Gasteiger partial charge in [0, 0.05) is 26.0 Å². The highest BCUT2D eigenvalue weighted by Crippen LogP contribution is 2.04. The van der Waals surface area contributed by atoms with Crippen molar-refractivity contribution in [1.82, 2.24) is 25.3 Å². The van der Waals surface area contributed by atoms with Gasteiger partial charge in [0.15, 0.2) is 5.69 Å². The standard InChI is InChI=1S/C10H11N5O/c1-15(7-8-3-2-4-11-5-8)10(16)9-6-12-14-13-9/h2-6H,7H2,1H3,(H,12,13,14). The Bertz CT molecular complexity index is 453. The fourth-order valence-corrected chi connectivity index (χ4v) is 1.34. The molecule has 16 heavy (non-hydrogen) atoms. The van der Waals surface area contributed by atoms with Crippen LogP contribution < -0.4 is 0 Å². The van der Waals surface area contributed by atoms with E-state index >= 15 is 0 Å². The number of rotatable bonds is 3. The van der Waals surface area contributed by atoms with Gasteiger partial charge in [-0.3, -0.25) is 9.78 Å². The molecular formula is C10H11N5O. The SMILES string of the molecule is CN(Cc1cccnc1)C(=O)c1cn[nH]n1. The second-order valence-corrected chi connectivity index (χ2v) is 3.38. The molecule has 0 spiro atoms. The monoisotopic (exact) mass is 217 g/mol. The Morgan fingerprint density at radius 2 is 2.38 bits per heavy atom. The number of hydrogen-bond donors (Lipinski definition) is 1. The number of nitrogens with one attached hydrogen (secondary N) is 1. The molecule has 0 radical (unpaired) electrons. The number of aromatic nitrogens is 4. The molecule has 6 heteroatoms. The molecule has 0 saturated heterocycles. The lowest BCUT2D eigenvalue weighted by molar-refractivity contribution is 0.0779. The minimum Gasteiger partial charge on any atom is -0.336 e. The summed E-state index contributed by atoms with van der Waals surface area (Å²) in [6.45, 7) is 0.500. The molecule has 1 amide bonds. The third kappa shape index (κ3) is 2.22. The van der Waals surface area contributed by atoms with E-state index in [2.05, 4.69) is 20.4 Å². The molecule has 2 aromatic rings. The lowest BCUT2D eigenvalue weighted by Gasteiger charge is -2.15. The molecule has 2 heterocycles. The summed E-state index contributed by atoms with van der Waals surface area (Å²) in [5, 5.41) is 9.74. The summed E-state index contributed by atoms with van der Waals surface area (Å²) < 4.78 is 0. The van der Waals surface area contributed by atoms with Crippen LogP contribution in [0.2, 0.25) is 0 Å². The molecule has 0 unspecified atom stereocenters. The third-order valence-electron chi connectivity index (χ3n) is 2.12. The quantitative estimate of drug-likeness (QED) is 0.811. The minimum atomic E-state index is -0.169. The molecule has 0 saturated carbocycles. The Hall–Kier alpha value is -2.24. The van der Waals surface area contributed by atoms with E-state index in [1.807, 2.05) is 12.1 Å². The van der Waals surface area contributed by atoms with Gasteiger partial charge in [0.2, 0.25) is 0 Å². The van der Waals surface area contributed by atoms with Crippen molar-refractivity contribution in [2.75, 3.05) is 7.05 Å². The van der Waals surface area contributed by atoms with Crippen molar-refractivity contribution in [2.45, 2.75) is 6.54 Å². The van der Waals surface area contributed by atoms with Gasteiger partial charge in [-0.05, 0) is 11.6 Å². The molecule has 0 atom stereocenters. The van der Waals surface area contributed by atoms with Gasteiger partial charge in [0.05, 0.1) is 6.20 Å². The topological polar surface area (TPSA) is 74.8 Å². The van der Waals surface area contributed by atoms with Crippen molar-refractivity contribution >= 4 is 5.91 Å². The van der Waals surface area contributed by atoms with Crippen LogP contribution >= 0.6 is 0 Å². The Labute approximate surface area is 92.3 Å². The maximum absolute atomic E-state index is 11.8. The van der Waals surface area contributed by atoms with Crippen LogP contribution in [-0.2, 0) is 6.54 Å². The van der Waals surface area contributed by atoms with Crippen LogP contribution in [0, 0.1) is 0 Å². The van der Waals surface area contributed by atoms with Gasteiger partial charge in [0.25, 0.3) is 5.91 Å². The highest BCUT2D eigenvalue weighted by Gasteiger charge is 2.14. The molecule has 2 aromatic heterocycles. The predicted octanol–water partition coefficient (Wildman–Crippen LogP) is 0.472. The number of hydrogen-bond acceptors (Lipinski definition) is 4. The van der Waals surface area contributed by atoms with E-state index in [1.54, 1.807) is 24.3 Å². The maximum atomic E-state index is 11.8. The molecule has 0 bridgehead atoms. The lowest BCUT2D eigenvalue weighted by atomic mass is 10.2. The second kappa shape index (κ2) is 4.52. The first-order valence-corrected chi connectivity index (χ1v) is 4.77. The van der Waals surface area contributed by atoms with Crippen molar-refractivity contribution in [2.24, 2.45) is 0 Å². The fourth-order valence-electron chi connectivity index (χ4n) is 1.34. The zero-order valence-corrected chi connectivity index (χ0v) is 8.79. The van der Waals surface area contributed by atoms with Crippen molar-refractivity contribution in [3.63, 3.8) is 0 Å². The molecular weight excluding hydrogens is 206 g/mol. The van der Waals surface area contributed by atoms with E-state index in [1.165, 1.54) is 6.20 Å². The van der Waals surface area contributed by atoms with Crippen molar-refractivity contribution in [1.29, 1.82) is 0 Å². The summed E-state index contributed by atoms with van der Waals surface area (Å²) in [5.74, 6) is -0.169. The first-order valence-electron chi connectivity index (χ1n) is 4.77. The van der Waals surface area contributed by atoms with Gasteiger partial charge in [0.1, 0.15) is 0 Å². The Balaban J connectivity index is 2.04. The van der Waals surface area contributed by atoms with Crippen LogP contribution in [0.1, 0.15) is 16.1 Å². The number of amides is 1. The molecule has 1 N–H and O–H groups in total. The zero-order chi connectivity index (χ0) is 11.4. The highest BCUT2D eigenvalue weighted by molar-refractivity contribution is 5.91. The summed E-state index contributed by atoms with van der Waals surface area (Å²) in [4.78, 5) is 17.3. The Kier molecular flexibility index (Phi) is 2.90. The molecule has 0 aliphatic heterocycles. The molecule has 0 aromatic carbocycles. The van der Waals surface area contributed by atoms with Crippen molar-refractivity contribution < 1.29 is 4.79 Å². The fraction of sp³-hybridized carbons (Fsp3) is 0.200. The van der Waals surface area contributed by atoms with Gasteiger partial charge in [-0.1, -0.05) is 6.07 Å². The van der Waals surface area contributed by atoms with E-state index in [4.69, 9.17) is 0 Å². The average Bonchev–Trinajstić information content (AvgIpc) is 2.83. The first-order chi connectivity index (χ1) is 7.77. The number of nitrogens with zero attached hydrogens (tertiary/aromatic N) is 4. The van der Waals surface area contributed by atoms with Crippen LogP contribution in [-0.4, -0.2) is 38.2 Å². The molecule has 82 valence electrons. The van der Waals surface area contributed by atoms with Crippen LogP contribution in [0.25, 0.3) is 0 Å². The summed E-state index contributed by atoms with van der Waals surface area (Å²) in [6.07, 6.45) is 4.83. The first kappa shape index (κ1) is 10.3. The average molecular weight is 217 g/mol. The van der Waals surface area contributed by atoms with Gasteiger partial charge >= 0.3 is 0 Å². The van der Waals surface area contributed by atoms with Gasteiger partial charge in [-0.15, -0.1) is 0 Å². The van der Waals surface area contributed by atoms with E-state index in [9.17, 15) is 4.79 Å². The largest absolute Gasteiger partial charge is 0.336 e. The van der Waals surface area contributed by atoms with E-state index in [-0.39, 0.29) is 5.91 Å².